The lowest BCUT2D eigenvalue weighted by Gasteiger charge is -2.33. The van der Waals surface area contributed by atoms with Crippen molar-refractivity contribution in [2.75, 3.05) is 6.61 Å². The summed E-state index contributed by atoms with van der Waals surface area (Å²) < 4.78 is 7.66. The molecule has 4 heteroatoms. The zero-order valence-corrected chi connectivity index (χ0v) is 9.53. The van der Waals surface area contributed by atoms with E-state index in [1.807, 2.05) is 11.6 Å². The third kappa shape index (κ3) is 1.29. The fourth-order valence-corrected chi connectivity index (χ4v) is 2.98. The van der Waals surface area contributed by atoms with E-state index in [2.05, 4.69) is 5.10 Å². The van der Waals surface area contributed by atoms with Crippen LogP contribution in [-0.2, 0) is 6.54 Å². The lowest BCUT2D eigenvalue weighted by atomic mass is 9.86. The lowest BCUT2D eigenvalue weighted by Crippen LogP contribution is -2.36. The molecule has 1 aliphatic carbocycles. The third-order valence-electron chi connectivity index (χ3n) is 3.91. The number of carbonyl (C=O) groups is 1. The number of aryl methyl sites for hydroxylation is 1. The number of hydrogen-bond donors (Lipinski definition) is 0. The molecular weight excluding hydrogens is 204 g/mol. The zero-order valence-electron chi connectivity index (χ0n) is 9.53. The van der Waals surface area contributed by atoms with Crippen LogP contribution in [0.5, 0.6) is 5.88 Å². The molecule has 0 aromatic carbocycles. The average molecular weight is 220 g/mol. The predicted molar refractivity (Wildman–Crippen MR) is 58.7 cm³/mol. The van der Waals surface area contributed by atoms with Gasteiger partial charge in [-0.2, -0.15) is 5.10 Å². The summed E-state index contributed by atoms with van der Waals surface area (Å²) in [5, 5.41) is 4.40. The Morgan fingerprint density at radius 2 is 2.19 bits per heavy atom. The smallest absolute Gasteiger partial charge is 0.222 e. The topological polar surface area (TPSA) is 44.1 Å². The summed E-state index contributed by atoms with van der Waals surface area (Å²) in [5.41, 5.74) is 1.68. The summed E-state index contributed by atoms with van der Waals surface area (Å²) in [6.45, 7) is 3.52. The minimum atomic E-state index is 0.283. The Hall–Kier alpha value is -1.32. The minimum absolute atomic E-state index is 0.283. The first-order valence-corrected chi connectivity index (χ1v) is 5.89. The first-order valence-electron chi connectivity index (χ1n) is 5.89. The van der Waals surface area contributed by atoms with Gasteiger partial charge in [0.1, 0.15) is 0 Å². The summed E-state index contributed by atoms with van der Waals surface area (Å²) in [4.78, 5) is 10.9. The van der Waals surface area contributed by atoms with Crippen LogP contribution >= 0.6 is 0 Å². The summed E-state index contributed by atoms with van der Waals surface area (Å²) in [7, 11) is 0. The van der Waals surface area contributed by atoms with Crippen LogP contribution in [0.4, 0.5) is 0 Å². The van der Waals surface area contributed by atoms with E-state index in [9.17, 15) is 4.79 Å². The number of carbonyl (C=O) groups excluding carboxylic acids is 1. The molecule has 1 aromatic rings. The maximum atomic E-state index is 10.9. The predicted octanol–water partition coefficient (Wildman–Crippen LogP) is 1.96. The van der Waals surface area contributed by atoms with Crippen molar-refractivity contribution >= 4 is 6.29 Å². The van der Waals surface area contributed by atoms with Gasteiger partial charge in [0.2, 0.25) is 5.88 Å². The van der Waals surface area contributed by atoms with Gasteiger partial charge in [0, 0.05) is 5.41 Å². The molecule has 4 nitrogen and oxygen atoms in total. The molecule has 1 aliphatic heterocycles. The van der Waals surface area contributed by atoms with E-state index in [0.29, 0.717) is 11.4 Å². The Morgan fingerprint density at radius 3 is 2.88 bits per heavy atom. The van der Waals surface area contributed by atoms with E-state index in [4.69, 9.17) is 4.74 Å². The van der Waals surface area contributed by atoms with Crippen LogP contribution in [-0.4, -0.2) is 22.7 Å². The number of aldehydes is 1. The van der Waals surface area contributed by atoms with E-state index in [1.54, 1.807) is 0 Å². The van der Waals surface area contributed by atoms with Crippen molar-refractivity contribution in [1.82, 2.24) is 9.78 Å². The van der Waals surface area contributed by atoms with Crippen LogP contribution in [0.2, 0.25) is 0 Å². The molecule has 0 amide bonds. The van der Waals surface area contributed by atoms with Crippen molar-refractivity contribution in [2.45, 2.75) is 39.2 Å². The number of nitrogens with zero attached hydrogens (tertiary/aromatic N) is 2. The average Bonchev–Trinajstić information content (AvgIpc) is 2.82. The summed E-state index contributed by atoms with van der Waals surface area (Å²) in [6, 6.07) is 0. The molecule has 1 aromatic heterocycles. The SMILES string of the molecule is Cc1nn2c(c1C=O)OCC1(CCCC1)C2. The molecule has 0 atom stereocenters. The highest BCUT2D eigenvalue weighted by Crippen LogP contribution is 2.43. The van der Waals surface area contributed by atoms with Crippen LogP contribution in [0.3, 0.4) is 0 Å². The van der Waals surface area contributed by atoms with Crippen molar-refractivity contribution < 1.29 is 9.53 Å². The van der Waals surface area contributed by atoms with E-state index >= 15 is 0 Å². The molecule has 0 bridgehead atoms. The van der Waals surface area contributed by atoms with E-state index in [-0.39, 0.29) is 5.41 Å². The van der Waals surface area contributed by atoms with Crippen molar-refractivity contribution in [3.05, 3.63) is 11.3 Å². The van der Waals surface area contributed by atoms with Crippen molar-refractivity contribution in [3.63, 3.8) is 0 Å². The molecule has 3 rings (SSSR count). The van der Waals surface area contributed by atoms with Gasteiger partial charge < -0.3 is 4.74 Å². The molecular formula is C12H16N2O2. The van der Waals surface area contributed by atoms with Crippen LogP contribution < -0.4 is 4.74 Å². The number of aromatic nitrogens is 2. The van der Waals surface area contributed by atoms with Gasteiger partial charge in [-0.3, -0.25) is 4.79 Å². The molecule has 0 radical (unpaired) electrons. The molecule has 0 unspecified atom stereocenters. The van der Waals surface area contributed by atoms with Crippen molar-refractivity contribution in [3.8, 4) is 5.88 Å². The first-order chi connectivity index (χ1) is 7.74. The van der Waals surface area contributed by atoms with Crippen LogP contribution in [0.25, 0.3) is 0 Å². The first kappa shape index (κ1) is 9.87. The molecule has 1 spiro atoms. The fourth-order valence-electron chi connectivity index (χ4n) is 2.98. The van der Waals surface area contributed by atoms with Gasteiger partial charge in [0.15, 0.2) is 6.29 Å². The largest absolute Gasteiger partial charge is 0.477 e. The van der Waals surface area contributed by atoms with Gasteiger partial charge in [0.25, 0.3) is 0 Å². The van der Waals surface area contributed by atoms with Gasteiger partial charge >= 0.3 is 0 Å². The third-order valence-corrected chi connectivity index (χ3v) is 3.91. The maximum absolute atomic E-state index is 10.9. The van der Waals surface area contributed by atoms with Gasteiger partial charge in [-0.25, -0.2) is 4.68 Å². The highest BCUT2D eigenvalue weighted by Gasteiger charge is 2.40. The Kier molecular flexibility index (Phi) is 2.06. The molecule has 0 saturated heterocycles. The normalized spacial score (nSPS) is 21.8. The Bertz CT molecular complexity index is 430. The van der Waals surface area contributed by atoms with Gasteiger partial charge in [0.05, 0.1) is 24.4 Å². The quantitative estimate of drug-likeness (QED) is 0.679. The standard InChI is InChI=1S/C12H16N2O2/c1-9-10(6-15)11-14(13-9)7-12(8-16-11)4-2-3-5-12/h6H,2-5,7-8H2,1H3. The lowest BCUT2D eigenvalue weighted by molar-refractivity contribution is 0.0732. The maximum Gasteiger partial charge on any atom is 0.222 e. The summed E-state index contributed by atoms with van der Waals surface area (Å²) in [5.74, 6) is 0.671. The Balaban J connectivity index is 1.98. The van der Waals surface area contributed by atoms with Crippen molar-refractivity contribution in [1.29, 1.82) is 0 Å². The molecule has 0 N–H and O–H groups in total. The molecule has 2 aliphatic rings. The van der Waals surface area contributed by atoms with Crippen molar-refractivity contribution in [2.24, 2.45) is 5.41 Å². The monoisotopic (exact) mass is 220 g/mol. The Morgan fingerprint density at radius 1 is 1.44 bits per heavy atom. The molecule has 16 heavy (non-hydrogen) atoms. The zero-order chi connectivity index (χ0) is 11.2. The van der Waals surface area contributed by atoms with E-state index < -0.39 is 0 Å². The molecule has 86 valence electrons. The van der Waals surface area contributed by atoms with Crippen LogP contribution in [0.15, 0.2) is 0 Å². The highest BCUT2D eigenvalue weighted by atomic mass is 16.5. The summed E-state index contributed by atoms with van der Waals surface area (Å²) >= 11 is 0. The number of rotatable bonds is 1. The molecule has 1 saturated carbocycles. The minimum Gasteiger partial charge on any atom is -0.477 e. The van der Waals surface area contributed by atoms with Gasteiger partial charge in [-0.1, -0.05) is 12.8 Å². The van der Waals surface area contributed by atoms with Gasteiger partial charge in [-0.15, -0.1) is 0 Å². The van der Waals surface area contributed by atoms with E-state index in [1.165, 1.54) is 25.7 Å². The second-order valence-electron chi connectivity index (χ2n) is 5.08. The second-order valence-corrected chi connectivity index (χ2v) is 5.08. The van der Waals surface area contributed by atoms with Crippen LogP contribution in [0.1, 0.15) is 41.7 Å². The molecule has 1 fully saturated rings. The fraction of sp³-hybridized carbons (Fsp3) is 0.667. The number of fused-ring (bicyclic) bond motifs is 1. The number of hydrogen-bond acceptors (Lipinski definition) is 3. The Labute approximate surface area is 94.6 Å². The van der Waals surface area contributed by atoms with E-state index in [0.717, 1.165) is 25.1 Å². The second kappa shape index (κ2) is 3.34. The number of ether oxygens (including phenoxy) is 1. The van der Waals surface area contributed by atoms with Gasteiger partial charge in [-0.05, 0) is 19.8 Å². The highest BCUT2D eigenvalue weighted by molar-refractivity contribution is 5.80. The van der Waals surface area contributed by atoms with Crippen LogP contribution in [0, 0.1) is 12.3 Å². The molecule has 2 heterocycles. The summed E-state index contributed by atoms with van der Waals surface area (Å²) in [6.07, 6.45) is 5.88.